The molecule has 0 bridgehead atoms. The minimum Gasteiger partial charge on any atom is -0.377 e. The number of hydrogen-bond acceptors (Lipinski definition) is 2. The van der Waals surface area contributed by atoms with E-state index < -0.39 is 0 Å². The highest BCUT2D eigenvalue weighted by atomic mass is 19.1. The van der Waals surface area contributed by atoms with E-state index in [2.05, 4.69) is 12.2 Å². The van der Waals surface area contributed by atoms with Gasteiger partial charge in [0.05, 0.1) is 12.7 Å². The van der Waals surface area contributed by atoms with Crippen LogP contribution in [0.2, 0.25) is 0 Å². The molecule has 1 atom stereocenters. The molecular weight excluding hydrogens is 229 g/mol. The molecule has 0 aromatic heterocycles. The third-order valence-electron chi connectivity index (χ3n) is 3.58. The molecular formula is C15H22FNO. The highest BCUT2D eigenvalue weighted by Crippen LogP contribution is 2.20. The summed E-state index contributed by atoms with van der Waals surface area (Å²) in [6, 6.07) is 6.89. The second-order valence-electron chi connectivity index (χ2n) is 5.00. The van der Waals surface area contributed by atoms with E-state index in [1.54, 1.807) is 0 Å². The molecule has 0 amide bonds. The van der Waals surface area contributed by atoms with Crippen LogP contribution in [-0.2, 0) is 4.74 Å². The summed E-state index contributed by atoms with van der Waals surface area (Å²) < 4.78 is 18.6. The van der Waals surface area contributed by atoms with Crippen molar-refractivity contribution in [1.82, 2.24) is 5.32 Å². The SMILES string of the molecule is CC(NCCOC1CCCC1)c1ccc(F)cc1. The summed E-state index contributed by atoms with van der Waals surface area (Å²) in [4.78, 5) is 0. The van der Waals surface area contributed by atoms with Crippen molar-refractivity contribution in [2.45, 2.75) is 44.8 Å². The number of hydrogen-bond donors (Lipinski definition) is 1. The van der Waals surface area contributed by atoms with Gasteiger partial charge in [0.15, 0.2) is 0 Å². The molecule has 1 aromatic rings. The molecule has 0 spiro atoms. The standard InChI is InChI=1S/C15H22FNO/c1-12(13-6-8-14(16)9-7-13)17-10-11-18-15-4-2-3-5-15/h6-9,12,15,17H,2-5,10-11H2,1H3. The van der Waals surface area contributed by atoms with Crippen LogP contribution in [0.3, 0.4) is 0 Å². The maximum atomic E-state index is 12.8. The van der Waals surface area contributed by atoms with Gasteiger partial charge >= 0.3 is 0 Å². The Morgan fingerprint density at radius 1 is 1.28 bits per heavy atom. The van der Waals surface area contributed by atoms with Crippen LogP contribution in [0, 0.1) is 5.82 Å². The van der Waals surface area contributed by atoms with Gasteiger partial charge in [-0.3, -0.25) is 0 Å². The van der Waals surface area contributed by atoms with Crippen LogP contribution in [0.5, 0.6) is 0 Å². The van der Waals surface area contributed by atoms with Crippen molar-refractivity contribution in [3.8, 4) is 0 Å². The fourth-order valence-electron chi connectivity index (χ4n) is 2.43. The molecule has 0 radical (unpaired) electrons. The number of rotatable bonds is 6. The van der Waals surface area contributed by atoms with Gasteiger partial charge in [0.2, 0.25) is 0 Å². The smallest absolute Gasteiger partial charge is 0.123 e. The molecule has 0 heterocycles. The minimum atomic E-state index is -0.185. The van der Waals surface area contributed by atoms with Gasteiger partial charge in [0.25, 0.3) is 0 Å². The summed E-state index contributed by atoms with van der Waals surface area (Å²) >= 11 is 0. The van der Waals surface area contributed by atoms with Crippen LogP contribution >= 0.6 is 0 Å². The molecule has 1 aromatic carbocycles. The zero-order chi connectivity index (χ0) is 12.8. The summed E-state index contributed by atoms with van der Waals surface area (Å²) in [6.07, 6.45) is 5.53. The van der Waals surface area contributed by atoms with Crippen LogP contribution in [0.15, 0.2) is 24.3 Å². The second-order valence-corrected chi connectivity index (χ2v) is 5.00. The fourth-order valence-corrected chi connectivity index (χ4v) is 2.43. The first-order valence-electron chi connectivity index (χ1n) is 6.86. The third kappa shape index (κ3) is 4.07. The maximum Gasteiger partial charge on any atom is 0.123 e. The number of benzene rings is 1. The zero-order valence-corrected chi connectivity index (χ0v) is 11.0. The van der Waals surface area contributed by atoms with E-state index in [-0.39, 0.29) is 11.9 Å². The van der Waals surface area contributed by atoms with E-state index in [0.29, 0.717) is 6.10 Å². The second kappa shape index (κ2) is 6.86. The molecule has 3 heteroatoms. The quantitative estimate of drug-likeness (QED) is 0.782. The van der Waals surface area contributed by atoms with Gasteiger partial charge < -0.3 is 10.1 Å². The van der Waals surface area contributed by atoms with Crippen molar-refractivity contribution in [2.75, 3.05) is 13.2 Å². The van der Waals surface area contributed by atoms with Crippen molar-refractivity contribution >= 4 is 0 Å². The van der Waals surface area contributed by atoms with Crippen LogP contribution in [0.25, 0.3) is 0 Å². The first-order chi connectivity index (χ1) is 8.75. The number of nitrogens with one attached hydrogen (secondary N) is 1. The van der Waals surface area contributed by atoms with Crippen molar-refractivity contribution in [2.24, 2.45) is 0 Å². The van der Waals surface area contributed by atoms with Crippen LogP contribution in [0.4, 0.5) is 4.39 Å². The highest BCUT2D eigenvalue weighted by Gasteiger charge is 2.14. The largest absolute Gasteiger partial charge is 0.377 e. The van der Waals surface area contributed by atoms with E-state index in [1.165, 1.54) is 37.8 Å². The molecule has 1 fully saturated rings. The first-order valence-corrected chi connectivity index (χ1v) is 6.86. The molecule has 1 N–H and O–H groups in total. The molecule has 1 aliphatic rings. The summed E-state index contributed by atoms with van der Waals surface area (Å²) in [5.41, 5.74) is 1.11. The van der Waals surface area contributed by atoms with Gasteiger partial charge in [-0.15, -0.1) is 0 Å². The van der Waals surface area contributed by atoms with E-state index in [1.807, 2.05) is 12.1 Å². The monoisotopic (exact) mass is 251 g/mol. The van der Waals surface area contributed by atoms with Gasteiger partial charge in [-0.1, -0.05) is 25.0 Å². The highest BCUT2D eigenvalue weighted by molar-refractivity contribution is 5.19. The van der Waals surface area contributed by atoms with Crippen molar-refractivity contribution in [3.05, 3.63) is 35.6 Å². The summed E-state index contributed by atoms with van der Waals surface area (Å²) in [6.45, 7) is 3.69. The first kappa shape index (κ1) is 13.5. The van der Waals surface area contributed by atoms with Crippen LogP contribution in [-0.4, -0.2) is 19.3 Å². The molecule has 2 nitrogen and oxygen atoms in total. The van der Waals surface area contributed by atoms with Gasteiger partial charge in [-0.2, -0.15) is 0 Å². The Hall–Kier alpha value is -0.930. The van der Waals surface area contributed by atoms with Crippen molar-refractivity contribution in [1.29, 1.82) is 0 Å². The predicted molar refractivity (Wildman–Crippen MR) is 71.0 cm³/mol. The Morgan fingerprint density at radius 3 is 2.61 bits per heavy atom. The van der Waals surface area contributed by atoms with Crippen LogP contribution in [0.1, 0.15) is 44.2 Å². The molecule has 1 aliphatic carbocycles. The Morgan fingerprint density at radius 2 is 1.94 bits per heavy atom. The Bertz CT molecular complexity index is 346. The lowest BCUT2D eigenvalue weighted by molar-refractivity contribution is 0.0593. The van der Waals surface area contributed by atoms with Gasteiger partial charge in [-0.05, 0) is 37.5 Å². The lowest BCUT2D eigenvalue weighted by Crippen LogP contribution is -2.25. The lowest BCUT2D eigenvalue weighted by Gasteiger charge is -2.16. The fraction of sp³-hybridized carbons (Fsp3) is 0.600. The number of ether oxygens (including phenoxy) is 1. The summed E-state index contributed by atoms with van der Waals surface area (Å²) in [7, 11) is 0. The molecule has 100 valence electrons. The Balaban J connectivity index is 1.64. The Labute approximate surface area is 109 Å². The van der Waals surface area contributed by atoms with E-state index in [4.69, 9.17) is 4.74 Å². The Kier molecular flexibility index (Phi) is 5.14. The van der Waals surface area contributed by atoms with Crippen molar-refractivity contribution < 1.29 is 9.13 Å². The normalized spacial score (nSPS) is 18.1. The predicted octanol–water partition coefficient (Wildman–Crippen LogP) is 3.44. The van der Waals surface area contributed by atoms with Crippen molar-refractivity contribution in [3.63, 3.8) is 0 Å². The van der Waals surface area contributed by atoms with E-state index >= 15 is 0 Å². The van der Waals surface area contributed by atoms with Gasteiger partial charge in [0.1, 0.15) is 5.82 Å². The molecule has 18 heavy (non-hydrogen) atoms. The van der Waals surface area contributed by atoms with Gasteiger partial charge in [0, 0.05) is 12.6 Å². The minimum absolute atomic E-state index is 0.185. The average molecular weight is 251 g/mol. The summed E-state index contributed by atoms with van der Waals surface area (Å²) in [5.74, 6) is -0.185. The maximum absolute atomic E-state index is 12.8. The van der Waals surface area contributed by atoms with E-state index in [9.17, 15) is 4.39 Å². The molecule has 0 aliphatic heterocycles. The molecule has 1 unspecified atom stereocenters. The molecule has 0 saturated heterocycles. The van der Waals surface area contributed by atoms with E-state index in [0.717, 1.165) is 18.7 Å². The van der Waals surface area contributed by atoms with Gasteiger partial charge in [-0.25, -0.2) is 4.39 Å². The lowest BCUT2D eigenvalue weighted by atomic mass is 10.1. The molecule has 1 saturated carbocycles. The van der Waals surface area contributed by atoms with Crippen LogP contribution < -0.4 is 5.32 Å². The summed E-state index contributed by atoms with van der Waals surface area (Å²) in [5, 5.41) is 3.39. The average Bonchev–Trinajstić information content (AvgIpc) is 2.88. The molecule has 2 rings (SSSR count). The third-order valence-corrected chi connectivity index (χ3v) is 3.58. The zero-order valence-electron chi connectivity index (χ0n) is 11.0. The number of halogens is 1. The topological polar surface area (TPSA) is 21.3 Å².